The molecule has 2 N–H and O–H groups in total. The average Bonchev–Trinajstić information content (AvgIpc) is 2.75. The van der Waals surface area contributed by atoms with E-state index in [-0.39, 0.29) is 0 Å². The molecule has 0 radical (unpaired) electrons. The van der Waals surface area contributed by atoms with Crippen LogP contribution in [-0.4, -0.2) is 45.3 Å². The van der Waals surface area contributed by atoms with Gasteiger partial charge in [-0.3, -0.25) is 9.59 Å². The number of nitrogens with one attached hydrogen (secondary N) is 2. The molecule has 0 aliphatic rings. The van der Waals surface area contributed by atoms with Crippen LogP contribution in [-0.2, 0) is 9.59 Å². The Balaban J connectivity index is 1.96. The maximum absolute atomic E-state index is 12.1. The van der Waals surface area contributed by atoms with Crippen molar-refractivity contribution < 1.29 is 19.1 Å². The lowest BCUT2D eigenvalue weighted by molar-refractivity contribution is -0.136. The van der Waals surface area contributed by atoms with Gasteiger partial charge in [-0.25, -0.2) is 5.43 Å². The third kappa shape index (κ3) is 5.97. The number of anilines is 2. The Morgan fingerprint density at radius 3 is 2.28 bits per heavy atom. The minimum absolute atomic E-state index is 0.322. The fraction of sp³-hybridized carbons (Fsp3) is 0.286. The maximum Gasteiger partial charge on any atom is 0.329 e. The lowest BCUT2D eigenvalue weighted by Crippen LogP contribution is -2.32. The summed E-state index contributed by atoms with van der Waals surface area (Å²) < 4.78 is 10.3. The third-order valence-corrected chi connectivity index (χ3v) is 4.26. The highest BCUT2D eigenvalue weighted by Crippen LogP contribution is 2.28. The van der Waals surface area contributed by atoms with Gasteiger partial charge in [0, 0.05) is 24.8 Å². The van der Waals surface area contributed by atoms with Gasteiger partial charge in [0.2, 0.25) is 0 Å². The minimum atomic E-state index is -0.897. The molecule has 154 valence electrons. The standard InChI is InChI=1S/C21H26N4O4/c1-5-25(6-2)16-9-7-15(8-10-16)14-22-24-21(27)20(26)23-18-13-17(28-3)11-12-19(18)29-4/h7-14H,5-6H2,1-4H3,(H,23,26)(H,24,27)/b22-14+. The molecule has 0 aliphatic heterocycles. The van der Waals surface area contributed by atoms with Gasteiger partial charge in [-0.1, -0.05) is 12.1 Å². The molecule has 2 rings (SSSR count). The van der Waals surface area contributed by atoms with E-state index >= 15 is 0 Å². The Hall–Kier alpha value is -3.55. The van der Waals surface area contributed by atoms with Gasteiger partial charge in [0.1, 0.15) is 11.5 Å². The SMILES string of the molecule is CCN(CC)c1ccc(/C=N/NC(=O)C(=O)Nc2cc(OC)ccc2OC)cc1. The summed E-state index contributed by atoms with van der Waals surface area (Å²) in [6.07, 6.45) is 1.48. The molecule has 2 amide bonds. The predicted octanol–water partition coefficient (Wildman–Crippen LogP) is 2.64. The maximum atomic E-state index is 12.1. The van der Waals surface area contributed by atoms with Crippen molar-refractivity contribution >= 4 is 29.4 Å². The van der Waals surface area contributed by atoms with Crippen LogP contribution in [0.4, 0.5) is 11.4 Å². The zero-order valence-electron chi connectivity index (χ0n) is 17.1. The fourth-order valence-electron chi connectivity index (χ4n) is 2.67. The quantitative estimate of drug-likeness (QED) is 0.405. The molecule has 0 saturated carbocycles. The van der Waals surface area contributed by atoms with Crippen LogP contribution in [0, 0.1) is 0 Å². The van der Waals surface area contributed by atoms with Gasteiger partial charge in [0.05, 0.1) is 26.1 Å². The number of ether oxygens (including phenoxy) is 2. The number of carbonyl (C=O) groups is 2. The number of hydrogen-bond acceptors (Lipinski definition) is 6. The van der Waals surface area contributed by atoms with Crippen molar-refractivity contribution in [1.82, 2.24) is 5.43 Å². The average molecular weight is 398 g/mol. The largest absolute Gasteiger partial charge is 0.497 e. The van der Waals surface area contributed by atoms with Crippen molar-refractivity contribution in [2.24, 2.45) is 5.10 Å². The summed E-state index contributed by atoms with van der Waals surface area (Å²) >= 11 is 0. The first kappa shape index (κ1) is 21.7. The molecule has 0 spiro atoms. The zero-order valence-corrected chi connectivity index (χ0v) is 17.1. The molecule has 0 saturated heterocycles. The smallest absolute Gasteiger partial charge is 0.329 e. The Labute approximate surface area is 170 Å². The van der Waals surface area contributed by atoms with Crippen molar-refractivity contribution in [2.45, 2.75) is 13.8 Å². The highest BCUT2D eigenvalue weighted by atomic mass is 16.5. The van der Waals surface area contributed by atoms with Crippen molar-refractivity contribution in [1.29, 1.82) is 0 Å². The Morgan fingerprint density at radius 1 is 1.00 bits per heavy atom. The molecule has 8 heteroatoms. The van der Waals surface area contributed by atoms with E-state index in [1.165, 1.54) is 20.4 Å². The van der Waals surface area contributed by atoms with E-state index in [1.807, 2.05) is 24.3 Å². The number of amides is 2. The van der Waals surface area contributed by atoms with E-state index < -0.39 is 11.8 Å². The van der Waals surface area contributed by atoms with E-state index in [1.54, 1.807) is 18.2 Å². The number of nitrogens with zero attached hydrogens (tertiary/aromatic N) is 2. The molecular formula is C21H26N4O4. The number of benzene rings is 2. The van der Waals surface area contributed by atoms with Gasteiger partial charge in [-0.15, -0.1) is 0 Å². The van der Waals surface area contributed by atoms with Crippen molar-refractivity contribution in [3.05, 3.63) is 48.0 Å². The first-order chi connectivity index (χ1) is 14.0. The van der Waals surface area contributed by atoms with Gasteiger partial charge < -0.3 is 19.7 Å². The molecule has 0 atom stereocenters. The fourth-order valence-corrected chi connectivity index (χ4v) is 2.67. The molecule has 29 heavy (non-hydrogen) atoms. The van der Waals surface area contributed by atoms with Crippen molar-refractivity contribution in [3.63, 3.8) is 0 Å². The molecule has 0 unspecified atom stereocenters. The van der Waals surface area contributed by atoms with Crippen molar-refractivity contribution in [2.75, 3.05) is 37.5 Å². The number of hydrazone groups is 1. The van der Waals surface area contributed by atoms with E-state index in [9.17, 15) is 9.59 Å². The van der Waals surface area contributed by atoms with Crippen LogP contribution in [0.25, 0.3) is 0 Å². The lowest BCUT2D eigenvalue weighted by Gasteiger charge is -2.20. The van der Waals surface area contributed by atoms with Crippen LogP contribution < -0.4 is 25.1 Å². The summed E-state index contributed by atoms with van der Waals surface area (Å²) in [6, 6.07) is 12.6. The van der Waals surface area contributed by atoms with Gasteiger partial charge in [0.25, 0.3) is 0 Å². The van der Waals surface area contributed by atoms with E-state index in [2.05, 4.69) is 34.6 Å². The number of methoxy groups -OCH3 is 2. The van der Waals surface area contributed by atoms with E-state index in [0.717, 1.165) is 24.3 Å². The van der Waals surface area contributed by atoms with Gasteiger partial charge in [0.15, 0.2) is 0 Å². The van der Waals surface area contributed by atoms with Crippen LogP contribution in [0.1, 0.15) is 19.4 Å². The normalized spacial score (nSPS) is 10.5. The minimum Gasteiger partial charge on any atom is -0.497 e. The second-order valence-corrected chi connectivity index (χ2v) is 5.98. The van der Waals surface area contributed by atoms with E-state index in [0.29, 0.717) is 17.2 Å². The van der Waals surface area contributed by atoms with Crippen LogP contribution in [0.15, 0.2) is 47.6 Å². The molecule has 0 bridgehead atoms. The molecule has 8 nitrogen and oxygen atoms in total. The van der Waals surface area contributed by atoms with E-state index in [4.69, 9.17) is 9.47 Å². The summed E-state index contributed by atoms with van der Waals surface area (Å²) in [5.74, 6) is -0.840. The Kier molecular flexibility index (Phi) is 8.02. The molecule has 0 aromatic heterocycles. The molecule has 0 heterocycles. The highest BCUT2D eigenvalue weighted by Gasteiger charge is 2.16. The summed E-state index contributed by atoms with van der Waals surface area (Å²) in [6.45, 7) is 6.04. The number of hydrogen-bond donors (Lipinski definition) is 2. The summed E-state index contributed by atoms with van der Waals surface area (Å²) in [7, 11) is 2.97. The Morgan fingerprint density at radius 2 is 1.69 bits per heavy atom. The molecule has 0 fully saturated rings. The van der Waals surface area contributed by atoms with Crippen LogP contribution in [0.5, 0.6) is 11.5 Å². The molecule has 0 aliphatic carbocycles. The Bertz CT molecular complexity index is 861. The highest BCUT2D eigenvalue weighted by molar-refractivity contribution is 6.39. The van der Waals surface area contributed by atoms with Gasteiger partial charge >= 0.3 is 11.8 Å². The first-order valence-corrected chi connectivity index (χ1v) is 9.23. The van der Waals surface area contributed by atoms with Gasteiger partial charge in [-0.05, 0) is 43.7 Å². The summed E-state index contributed by atoms with van der Waals surface area (Å²) in [5.41, 5.74) is 4.45. The second-order valence-electron chi connectivity index (χ2n) is 5.98. The summed E-state index contributed by atoms with van der Waals surface area (Å²) in [5, 5.41) is 6.32. The van der Waals surface area contributed by atoms with Crippen LogP contribution in [0.2, 0.25) is 0 Å². The summed E-state index contributed by atoms with van der Waals surface area (Å²) in [4.78, 5) is 26.3. The monoisotopic (exact) mass is 398 g/mol. The second kappa shape index (κ2) is 10.7. The molecule has 2 aromatic rings. The van der Waals surface area contributed by atoms with Crippen LogP contribution >= 0.6 is 0 Å². The van der Waals surface area contributed by atoms with Crippen LogP contribution in [0.3, 0.4) is 0 Å². The van der Waals surface area contributed by atoms with Gasteiger partial charge in [-0.2, -0.15) is 5.10 Å². The lowest BCUT2D eigenvalue weighted by atomic mass is 10.2. The topological polar surface area (TPSA) is 92.3 Å². The number of carbonyl (C=O) groups excluding carboxylic acids is 2. The first-order valence-electron chi connectivity index (χ1n) is 9.23. The third-order valence-electron chi connectivity index (χ3n) is 4.26. The molecular weight excluding hydrogens is 372 g/mol. The predicted molar refractivity (Wildman–Crippen MR) is 114 cm³/mol. The number of rotatable bonds is 8. The van der Waals surface area contributed by atoms with Crippen molar-refractivity contribution in [3.8, 4) is 11.5 Å². The zero-order chi connectivity index (χ0) is 21.2. The molecule has 2 aromatic carbocycles.